The summed E-state index contributed by atoms with van der Waals surface area (Å²) in [6, 6.07) is 13.1. The molecular weight excluding hydrogens is 344 g/mol. The molecule has 0 saturated carbocycles. The molecule has 1 aromatic carbocycles. The zero-order chi connectivity index (χ0) is 14.2. The van der Waals surface area contributed by atoms with Crippen molar-refractivity contribution in [1.29, 1.82) is 0 Å². The SMILES string of the molecule is Brc1cc2c(s1)CCCC2Nc1cccc2cccnc12. The zero-order valence-electron chi connectivity index (χ0n) is 11.5. The van der Waals surface area contributed by atoms with Gasteiger partial charge in [0.25, 0.3) is 0 Å². The van der Waals surface area contributed by atoms with Crippen LogP contribution in [0.1, 0.15) is 29.3 Å². The summed E-state index contributed by atoms with van der Waals surface area (Å²) in [5, 5.41) is 4.90. The lowest BCUT2D eigenvalue weighted by Gasteiger charge is -2.25. The standard InChI is InChI=1S/C17H15BrN2S/c18-16-10-12-13(6-2-8-15(12)21-16)20-14-7-1-4-11-5-3-9-19-17(11)14/h1,3-5,7,9-10,13,20H,2,6,8H2. The highest BCUT2D eigenvalue weighted by Crippen LogP contribution is 2.40. The van der Waals surface area contributed by atoms with Gasteiger partial charge in [-0.1, -0.05) is 18.2 Å². The van der Waals surface area contributed by atoms with Crippen molar-refractivity contribution in [3.05, 3.63) is 56.8 Å². The van der Waals surface area contributed by atoms with Gasteiger partial charge >= 0.3 is 0 Å². The Morgan fingerprint density at radius 3 is 3.10 bits per heavy atom. The predicted octanol–water partition coefficient (Wildman–Crippen LogP) is 5.55. The number of hydrogen-bond acceptors (Lipinski definition) is 3. The largest absolute Gasteiger partial charge is 0.376 e. The number of anilines is 1. The molecule has 2 aromatic heterocycles. The Morgan fingerprint density at radius 1 is 1.24 bits per heavy atom. The van der Waals surface area contributed by atoms with E-state index in [1.165, 1.54) is 38.9 Å². The first-order valence-corrected chi connectivity index (χ1v) is 8.80. The fourth-order valence-corrected chi connectivity index (χ4v) is 4.90. The van der Waals surface area contributed by atoms with E-state index < -0.39 is 0 Å². The Morgan fingerprint density at radius 2 is 2.14 bits per heavy atom. The second-order valence-electron chi connectivity index (χ2n) is 5.40. The number of aromatic nitrogens is 1. The van der Waals surface area contributed by atoms with Crippen molar-refractivity contribution in [3.8, 4) is 0 Å². The summed E-state index contributed by atoms with van der Waals surface area (Å²) in [7, 11) is 0. The molecule has 1 aliphatic rings. The van der Waals surface area contributed by atoms with Gasteiger partial charge in [0.1, 0.15) is 0 Å². The number of benzene rings is 1. The van der Waals surface area contributed by atoms with Crippen LogP contribution in [0.15, 0.2) is 46.4 Å². The van der Waals surface area contributed by atoms with Crippen molar-refractivity contribution in [2.45, 2.75) is 25.3 Å². The van der Waals surface area contributed by atoms with E-state index in [2.05, 4.69) is 56.6 Å². The molecule has 106 valence electrons. The summed E-state index contributed by atoms with van der Waals surface area (Å²) in [4.78, 5) is 6.05. The van der Waals surface area contributed by atoms with Crippen molar-refractivity contribution in [2.24, 2.45) is 0 Å². The molecule has 0 bridgehead atoms. The van der Waals surface area contributed by atoms with E-state index in [0.29, 0.717) is 6.04 Å². The van der Waals surface area contributed by atoms with Gasteiger partial charge in [0.05, 0.1) is 21.0 Å². The number of pyridine rings is 1. The highest BCUT2D eigenvalue weighted by molar-refractivity contribution is 9.11. The first-order valence-electron chi connectivity index (χ1n) is 7.19. The van der Waals surface area contributed by atoms with E-state index in [-0.39, 0.29) is 0 Å². The molecule has 0 aliphatic heterocycles. The number of nitrogens with one attached hydrogen (secondary N) is 1. The summed E-state index contributed by atoms with van der Waals surface area (Å²) in [6.45, 7) is 0. The van der Waals surface area contributed by atoms with Crippen LogP contribution < -0.4 is 5.32 Å². The lowest BCUT2D eigenvalue weighted by Crippen LogP contribution is -2.15. The van der Waals surface area contributed by atoms with Crippen molar-refractivity contribution in [1.82, 2.24) is 4.98 Å². The van der Waals surface area contributed by atoms with Gasteiger partial charge in [0.15, 0.2) is 0 Å². The van der Waals surface area contributed by atoms with Gasteiger partial charge in [0.2, 0.25) is 0 Å². The van der Waals surface area contributed by atoms with Crippen LogP contribution in [0.25, 0.3) is 10.9 Å². The molecule has 0 fully saturated rings. The number of aryl methyl sites for hydroxylation is 1. The summed E-state index contributed by atoms with van der Waals surface area (Å²) in [6.07, 6.45) is 5.49. The Kier molecular flexibility index (Phi) is 3.43. The van der Waals surface area contributed by atoms with E-state index >= 15 is 0 Å². The minimum atomic E-state index is 0.393. The van der Waals surface area contributed by atoms with E-state index in [0.717, 1.165) is 11.2 Å². The average Bonchev–Trinajstić information content (AvgIpc) is 2.89. The maximum absolute atomic E-state index is 4.54. The number of halogens is 1. The van der Waals surface area contributed by atoms with Crippen molar-refractivity contribution >= 4 is 43.9 Å². The molecule has 1 N–H and O–H groups in total. The monoisotopic (exact) mass is 358 g/mol. The van der Waals surface area contributed by atoms with Gasteiger partial charge in [-0.25, -0.2) is 0 Å². The summed E-state index contributed by atoms with van der Waals surface area (Å²) >= 11 is 5.49. The minimum Gasteiger partial charge on any atom is -0.376 e. The second-order valence-corrected chi connectivity index (χ2v) is 7.91. The van der Waals surface area contributed by atoms with E-state index in [4.69, 9.17) is 0 Å². The number of nitrogens with zero attached hydrogens (tertiary/aromatic N) is 1. The topological polar surface area (TPSA) is 24.9 Å². The molecule has 2 nitrogen and oxygen atoms in total. The quantitative estimate of drug-likeness (QED) is 0.649. The summed E-state index contributed by atoms with van der Waals surface area (Å²) < 4.78 is 1.23. The fourth-order valence-electron chi connectivity index (χ4n) is 3.08. The Balaban J connectivity index is 1.73. The molecule has 4 rings (SSSR count). The van der Waals surface area contributed by atoms with Gasteiger partial charge in [0, 0.05) is 16.5 Å². The predicted molar refractivity (Wildman–Crippen MR) is 93.1 cm³/mol. The van der Waals surface area contributed by atoms with Gasteiger partial charge in [-0.3, -0.25) is 4.98 Å². The number of hydrogen-bond donors (Lipinski definition) is 1. The molecule has 3 aromatic rings. The van der Waals surface area contributed by atoms with E-state index in [1.807, 2.05) is 23.6 Å². The smallest absolute Gasteiger partial charge is 0.0933 e. The number of rotatable bonds is 2. The number of para-hydroxylation sites is 1. The normalized spacial score (nSPS) is 17.7. The second kappa shape index (κ2) is 5.43. The van der Waals surface area contributed by atoms with Gasteiger partial charge < -0.3 is 5.32 Å². The maximum Gasteiger partial charge on any atom is 0.0933 e. The van der Waals surface area contributed by atoms with Crippen LogP contribution in [0, 0.1) is 0 Å². The van der Waals surface area contributed by atoms with Crippen LogP contribution in [0.5, 0.6) is 0 Å². The molecule has 21 heavy (non-hydrogen) atoms. The van der Waals surface area contributed by atoms with Gasteiger partial charge in [-0.2, -0.15) is 0 Å². The molecule has 0 amide bonds. The van der Waals surface area contributed by atoms with Crippen LogP contribution in [-0.4, -0.2) is 4.98 Å². The van der Waals surface area contributed by atoms with Crippen molar-refractivity contribution < 1.29 is 0 Å². The third kappa shape index (κ3) is 2.47. The highest BCUT2D eigenvalue weighted by Gasteiger charge is 2.23. The molecule has 0 saturated heterocycles. The van der Waals surface area contributed by atoms with Crippen molar-refractivity contribution in [2.75, 3.05) is 5.32 Å². The first-order chi connectivity index (χ1) is 10.3. The number of thiophene rings is 1. The summed E-state index contributed by atoms with van der Waals surface area (Å²) in [5.41, 5.74) is 3.64. The van der Waals surface area contributed by atoms with Crippen LogP contribution in [0.2, 0.25) is 0 Å². The van der Waals surface area contributed by atoms with Gasteiger partial charge in [-0.15, -0.1) is 11.3 Å². The molecule has 0 spiro atoms. The van der Waals surface area contributed by atoms with E-state index in [1.54, 1.807) is 0 Å². The minimum absolute atomic E-state index is 0.393. The van der Waals surface area contributed by atoms with Crippen molar-refractivity contribution in [3.63, 3.8) is 0 Å². The Labute approximate surface area is 136 Å². The maximum atomic E-state index is 4.54. The average molecular weight is 359 g/mol. The van der Waals surface area contributed by atoms with Crippen LogP contribution in [-0.2, 0) is 6.42 Å². The van der Waals surface area contributed by atoms with Crippen LogP contribution in [0.4, 0.5) is 5.69 Å². The molecule has 4 heteroatoms. The number of fused-ring (bicyclic) bond motifs is 2. The van der Waals surface area contributed by atoms with Crippen LogP contribution in [0.3, 0.4) is 0 Å². The lowest BCUT2D eigenvalue weighted by molar-refractivity contribution is 0.609. The molecule has 1 atom stereocenters. The lowest BCUT2D eigenvalue weighted by atomic mass is 9.93. The zero-order valence-corrected chi connectivity index (χ0v) is 13.9. The Hall–Kier alpha value is -1.39. The third-order valence-electron chi connectivity index (χ3n) is 4.05. The molecule has 0 radical (unpaired) electrons. The highest BCUT2D eigenvalue weighted by atomic mass is 79.9. The molecule has 1 aliphatic carbocycles. The summed E-state index contributed by atoms with van der Waals surface area (Å²) in [5.74, 6) is 0. The molecular formula is C17H15BrN2S. The van der Waals surface area contributed by atoms with E-state index in [9.17, 15) is 0 Å². The molecule has 2 heterocycles. The third-order valence-corrected chi connectivity index (χ3v) is 5.76. The Bertz CT molecular complexity index is 791. The van der Waals surface area contributed by atoms with Gasteiger partial charge in [-0.05, 0) is 59.0 Å². The fraction of sp³-hybridized carbons (Fsp3) is 0.235. The van der Waals surface area contributed by atoms with Crippen LogP contribution >= 0.6 is 27.3 Å². The molecule has 1 unspecified atom stereocenters. The first kappa shape index (κ1) is 13.3.